The summed E-state index contributed by atoms with van der Waals surface area (Å²) in [5.41, 5.74) is -0.447. The molecule has 2 aliphatic heterocycles. The molecule has 3 rings (SSSR count). The van der Waals surface area contributed by atoms with Crippen LogP contribution in [0.3, 0.4) is 0 Å². The molecular weight excluding hydrogens is 432 g/mol. The Balaban J connectivity index is 1.72. The maximum absolute atomic E-state index is 13.5. The number of likely N-dealkylation sites (tertiary alicyclic amines) is 1. The van der Waals surface area contributed by atoms with Crippen LogP contribution in [-0.2, 0) is 19.1 Å². The molecule has 8 heteroatoms. The Morgan fingerprint density at radius 3 is 2.85 bits per heavy atom. The Bertz CT molecular complexity index is 853. The summed E-state index contributed by atoms with van der Waals surface area (Å²) in [6, 6.07) is 0.586. The van der Waals surface area contributed by atoms with Crippen molar-refractivity contribution in [2.75, 3.05) is 19.9 Å². The monoisotopic (exact) mass is 470 g/mol. The molecule has 0 aromatic rings. The number of nitriles is 1. The Kier molecular flexibility index (Phi) is 9.03. The van der Waals surface area contributed by atoms with E-state index in [0.29, 0.717) is 32.6 Å². The largest absolute Gasteiger partial charge is 0.366 e. The van der Waals surface area contributed by atoms with Crippen LogP contribution < -0.4 is 10.6 Å². The third-order valence-electron chi connectivity index (χ3n) is 7.13. The van der Waals surface area contributed by atoms with Gasteiger partial charge in [-0.05, 0) is 50.5 Å². The minimum atomic E-state index is -0.912. The van der Waals surface area contributed by atoms with Gasteiger partial charge in [0.25, 0.3) is 0 Å². The number of allylic oxidation sites excluding steroid dienone is 4. The van der Waals surface area contributed by atoms with Gasteiger partial charge in [-0.15, -0.1) is 0 Å². The van der Waals surface area contributed by atoms with Gasteiger partial charge in [-0.1, -0.05) is 45.1 Å². The molecule has 1 aliphatic carbocycles. The van der Waals surface area contributed by atoms with E-state index in [2.05, 4.69) is 16.7 Å². The lowest BCUT2D eigenvalue weighted by atomic mass is 9.72. The lowest BCUT2D eigenvalue weighted by Gasteiger charge is -2.33. The van der Waals surface area contributed by atoms with Gasteiger partial charge >= 0.3 is 0 Å². The molecule has 3 aliphatic rings. The summed E-state index contributed by atoms with van der Waals surface area (Å²) < 4.78 is 5.58. The Morgan fingerprint density at radius 2 is 2.18 bits per heavy atom. The van der Waals surface area contributed by atoms with Crippen molar-refractivity contribution in [3.05, 3.63) is 24.3 Å². The summed E-state index contributed by atoms with van der Waals surface area (Å²) in [5.74, 6) is -1.26. The maximum atomic E-state index is 13.5. The molecule has 0 radical (unpaired) electrons. The quantitative estimate of drug-likeness (QED) is 0.528. The van der Waals surface area contributed by atoms with E-state index >= 15 is 0 Å². The average Bonchev–Trinajstić information content (AvgIpc) is 3.08. The van der Waals surface area contributed by atoms with E-state index < -0.39 is 29.3 Å². The predicted octanol–water partition coefficient (Wildman–Crippen LogP) is 2.67. The van der Waals surface area contributed by atoms with Crippen molar-refractivity contribution in [1.29, 1.82) is 5.26 Å². The van der Waals surface area contributed by atoms with Gasteiger partial charge in [0.2, 0.25) is 17.7 Å². The zero-order valence-corrected chi connectivity index (χ0v) is 20.6. The number of hydrogen-bond acceptors (Lipinski definition) is 6. The van der Waals surface area contributed by atoms with Crippen molar-refractivity contribution >= 4 is 17.7 Å². The zero-order chi connectivity index (χ0) is 24.7. The van der Waals surface area contributed by atoms with Gasteiger partial charge in [0.05, 0.1) is 25.3 Å². The minimum absolute atomic E-state index is 0.0931. The number of rotatable bonds is 8. The van der Waals surface area contributed by atoms with Crippen LogP contribution in [0.5, 0.6) is 0 Å². The molecule has 186 valence electrons. The lowest BCUT2D eigenvalue weighted by molar-refractivity contribution is -0.148. The molecule has 0 aromatic heterocycles. The van der Waals surface area contributed by atoms with Gasteiger partial charge in [-0.3, -0.25) is 24.6 Å². The highest BCUT2D eigenvalue weighted by molar-refractivity contribution is 6.07. The van der Waals surface area contributed by atoms with Crippen LogP contribution in [0.25, 0.3) is 0 Å². The van der Waals surface area contributed by atoms with Crippen LogP contribution in [0.4, 0.5) is 0 Å². The Labute approximate surface area is 202 Å². The fourth-order valence-electron chi connectivity index (χ4n) is 5.17. The third-order valence-corrected chi connectivity index (χ3v) is 7.13. The van der Waals surface area contributed by atoms with Crippen LogP contribution >= 0.6 is 0 Å². The van der Waals surface area contributed by atoms with E-state index in [-0.39, 0.29) is 30.1 Å². The van der Waals surface area contributed by atoms with E-state index in [9.17, 15) is 19.6 Å². The summed E-state index contributed by atoms with van der Waals surface area (Å²) in [5, 5.41) is 15.7. The second kappa shape index (κ2) is 11.8. The highest BCUT2D eigenvalue weighted by Gasteiger charge is 2.51. The highest BCUT2D eigenvalue weighted by Crippen LogP contribution is 2.42. The van der Waals surface area contributed by atoms with Crippen LogP contribution in [-0.4, -0.2) is 54.6 Å². The smallest absolute Gasteiger partial charge is 0.244 e. The fourth-order valence-corrected chi connectivity index (χ4v) is 5.17. The average molecular weight is 471 g/mol. The molecule has 8 nitrogen and oxygen atoms in total. The predicted molar refractivity (Wildman–Crippen MR) is 128 cm³/mol. The molecule has 2 saturated heterocycles. The summed E-state index contributed by atoms with van der Waals surface area (Å²) in [4.78, 5) is 41.1. The van der Waals surface area contributed by atoms with Crippen molar-refractivity contribution in [1.82, 2.24) is 15.5 Å². The summed E-state index contributed by atoms with van der Waals surface area (Å²) in [6.07, 6.45) is 11.4. The van der Waals surface area contributed by atoms with Crippen LogP contribution in [0.1, 0.15) is 59.3 Å². The second-order valence-corrected chi connectivity index (χ2v) is 10.5. The highest BCUT2D eigenvalue weighted by atomic mass is 16.5. The number of nitrogens with zero attached hydrogens (tertiary/aromatic N) is 2. The number of amides is 3. The lowest BCUT2D eigenvalue weighted by Crippen LogP contribution is -2.53. The third kappa shape index (κ3) is 6.34. The first-order valence-corrected chi connectivity index (χ1v) is 12.4. The van der Waals surface area contributed by atoms with Crippen LogP contribution in [0.2, 0.25) is 0 Å². The van der Waals surface area contributed by atoms with Crippen LogP contribution in [0.15, 0.2) is 24.3 Å². The number of hydrogen-bond donors (Lipinski definition) is 2. The van der Waals surface area contributed by atoms with Crippen molar-refractivity contribution in [2.24, 2.45) is 23.2 Å². The van der Waals surface area contributed by atoms with Gasteiger partial charge in [0.1, 0.15) is 12.1 Å². The second-order valence-electron chi connectivity index (χ2n) is 10.5. The molecule has 0 bridgehead atoms. The molecular formula is C26H38N4O4. The first kappa shape index (κ1) is 26.1. The van der Waals surface area contributed by atoms with Crippen molar-refractivity contribution < 1.29 is 19.1 Å². The standard InChI is InChI=1S/C26H38N4O4/c1-18(2)12-22(24(32)29-20(15-27)13-19-8-7-11-28-17-34-16-19)30-23(31)14-21(25(30)33)26(3)9-5-4-6-10-26/h4-6,9,18-22,28H,7-8,10-14,16-17H2,1-3H3,(H,29,32)/t19-,20-,21-,22-,26?/m0/s1. The fraction of sp³-hybridized carbons (Fsp3) is 0.692. The molecule has 3 amide bonds. The molecule has 1 unspecified atom stereocenters. The first-order chi connectivity index (χ1) is 16.2. The normalized spacial score (nSPS) is 29.4. The van der Waals surface area contributed by atoms with Crippen molar-refractivity contribution in [2.45, 2.75) is 71.4 Å². The summed E-state index contributed by atoms with van der Waals surface area (Å²) in [7, 11) is 0. The number of carbonyl (C=O) groups is 3. The van der Waals surface area contributed by atoms with E-state index in [4.69, 9.17) is 4.74 Å². The number of ether oxygens (including phenoxy) is 1. The van der Waals surface area contributed by atoms with Gasteiger partial charge in [-0.25, -0.2) is 0 Å². The molecule has 2 N–H and O–H groups in total. The maximum Gasteiger partial charge on any atom is 0.244 e. The molecule has 34 heavy (non-hydrogen) atoms. The SMILES string of the molecule is CC(C)C[C@@H](C(=O)N[C@H](C#N)C[C@@H]1CCCNCOC1)N1C(=O)C[C@H](C2(C)C=CC=CC2)C1=O. The first-order valence-electron chi connectivity index (χ1n) is 12.4. The van der Waals surface area contributed by atoms with Gasteiger partial charge in [0, 0.05) is 11.8 Å². The van der Waals surface area contributed by atoms with Gasteiger partial charge < -0.3 is 10.1 Å². The molecule has 0 saturated carbocycles. The van der Waals surface area contributed by atoms with E-state index in [0.717, 1.165) is 19.4 Å². The minimum Gasteiger partial charge on any atom is -0.366 e. The Hall–Kier alpha value is -2.50. The molecule has 0 aromatic carbocycles. The van der Waals surface area contributed by atoms with E-state index in [1.54, 1.807) is 0 Å². The number of carbonyl (C=O) groups excluding carboxylic acids is 3. The molecule has 5 atom stereocenters. The summed E-state index contributed by atoms with van der Waals surface area (Å²) >= 11 is 0. The van der Waals surface area contributed by atoms with Crippen molar-refractivity contribution in [3.63, 3.8) is 0 Å². The van der Waals surface area contributed by atoms with Crippen LogP contribution in [0, 0.1) is 34.5 Å². The molecule has 0 spiro atoms. The molecule has 2 fully saturated rings. The van der Waals surface area contributed by atoms with E-state index in [1.165, 1.54) is 4.90 Å². The molecule has 2 heterocycles. The number of nitrogens with one attached hydrogen (secondary N) is 2. The number of imide groups is 1. The van der Waals surface area contributed by atoms with Gasteiger partial charge in [0.15, 0.2) is 0 Å². The summed E-state index contributed by atoms with van der Waals surface area (Å²) in [6.45, 7) is 7.78. The van der Waals surface area contributed by atoms with Crippen molar-refractivity contribution in [3.8, 4) is 6.07 Å². The van der Waals surface area contributed by atoms with E-state index in [1.807, 2.05) is 45.1 Å². The Morgan fingerprint density at radius 1 is 1.38 bits per heavy atom. The zero-order valence-electron chi connectivity index (χ0n) is 20.6. The topological polar surface area (TPSA) is 112 Å². The van der Waals surface area contributed by atoms with Gasteiger partial charge in [-0.2, -0.15) is 5.26 Å².